The zero-order chi connectivity index (χ0) is 29.0. The number of nitrogens with one attached hydrogen (secondary N) is 2. The molecule has 4 nitrogen and oxygen atoms in total. The Hall–Kier alpha value is -3.40. The molecule has 0 radical (unpaired) electrons. The number of hydrogen-bond donors (Lipinski definition) is 2. The zero-order valence-electron chi connectivity index (χ0n) is 26.1. The van der Waals surface area contributed by atoms with Crippen molar-refractivity contribution in [3.8, 4) is 0 Å². The van der Waals surface area contributed by atoms with E-state index in [1.54, 1.807) is 5.57 Å². The first-order valence-corrected chi connectivity index (χ1v) is 17.3. The summed E-state index contributed by atoms with van der Waals surface area (Å²) in [6.07, 6.45) is 19.9. The number of pyridine rings is 2. The second-order valence-corrected chi connectivity index (χ2v) is 13.3. The van der Waals surface area contributed by atoms with E-state index in [2.05, 4.69) is 72.2 Å². The van der Waals surface area contributed by atoms with E-state index in [9.17, 15) is 0 Å². The van der Waals surface area contributed by atoms with Gasteiger partial charge in [-0.3, -0.25) is 9.97 Å². The van der Waals surface area contributed by atoms with Gasteiger partial charge in [0.05, 0.1) is 11.0 Å². The van der Waals surface area contributed by atoms with Crippen molar-refractivity contribution < 1.29 is 0 Å². The highest BCUT2D eigenvalue weighted by atomic mass is 14.9. The maximum absolute atomic E-state index is 5.18. The van der Waals surface area contributed by atoms with Gasteiger partial charge in [-0.05, 0) is 93.7 Å². The molecule has 4 aromatic rings. The van der Waals surface area contributed by atoms with Crippen molar-refractivity contribution in [3.05, 3.63) is 82.7 Å². The summed E-state index contributed by atoms with van der Waals surface area (Å²) in [6.45, 7) is 4.42. The van der Waals surface area contributed by atoms with Gasteiger partial charge in [0, 0.05) is 52.2 Å². The number of unbranched alkanes of at least 4 members (excludes halogenated alkanes) is 5. The highest BCUT2D eigenvalue weighted by molar-refractivity contribution is 5.94. The molecule has 0 unspecified atom stereocenters. The number of rotatable bonds is 12. The van der Waals surface area contributed by atoms with Crippen LogP contribution in [0.25, 0.3) is 21.8 Å². The molecule has 0 amide bonds. The fraction of sp³-hybridized carbons (Fsp3) is 0.487. The number of fused-ring (bicyclic) bond motifs is 7. The molecule has 224 valence electrons. The SMILES string of the molecule is CCC1=C[C@H]2Cc3nc4ccccc4c(NCCCCCCCCNc4c5c(nc6ccccc46)CCCC5)c3[C@@H](C1)C2. The predicted molar refractivity (Wildman–Crippen MR) is 182 cm³/mol. The summed E-state index contributed by atoms with van der Waals surface area (Å²) in [7, 11) is 0. The lowest BCUT2D eigenvalue weighted by molar-refractivity contribution is 0.429. The van der Waals surface area contributed by atoms with E-state index in [1.165, 1.54) is 122 Å². The fourth-order valence-electron chi connectivity index (χ4n) is 8.13. The standard InChI is InChI=1S/C39H48N4/c1-2-27-23-28-25-29(24-27)37-36(26-28)43-35-20-12-9-17-32(35)39(37)41-22-14-6-4-3-5-13-21-40-38-30-15-7-10-18-33(30)42-34-19-11-8-16-31(34)38/h7,9-10,12,15,17-18,20,23,28-29H,2-6,8,11,13-14,16,19,21-22,24-26H2,1H3,(H,40,42)(H,41,43)/t28-,29+/m1/s1. The van der Waals surface area contributed by atoms with Crippen molar-refractivity contribution in [1.82, 2.24) is 9.97 Å². The van der Waals surface area contributed by atoms with Crippen LogP contribution in [0.3, 0.4) is 0 Å². The van der Waals surface area contributed by atoms with Crippen LogP contribution >= 0.6 is 0 Å². The fourth-order valence-corrected chi connectivity index (χ4v) is 8.13. The second-order valence-electron chi connectivity index (χ2n) is 13.3. The number of para-hydroxylation sites is 2. The Morgan fingerprint density at radius 1 is 0.698 bits per heavy atom. The summed E-state index contributed by atoms with van der Waals surface area (Å²) in [6, 6.07) is 17.4. The van der Waals surface area contributed by atoms with E-state index in [0.717, 1.165) is 37.0 Å². The van der Waals surface area contributed by atoms with Crippen LogP contribution in [0.1, 0.15) is 106 Å². The smallest absolute Gasteiger partial charge is 0.0726 e. The van der Waals surface area contributed by atoms with Crippen LogP contribution in [0.5, 0.6) is 0 Å². The van der Waals surface area contributed by atoms with Crippen LogP contribution in [0.2, 0.25) is 0 Å². The maximum atomic E-state index is 5.18. The molecule has 3 aliphatic rings. The lowest BCUT2D eigenvalue weighted by Gasteiger charge is -2.36. The third kappa shape index (κ3) is 6.03. The van der Waals surface area contributed by atoms with Gasteiger partial charge in [-0.2, -0.15) is 0 Å². The molecule has 4 heteroatoms. The Morgan fingerprint density at radius 3 is 2.07 bits per heavy atom. The minimum absolute atomic E-state index is 0.623. The third-order valence-corrected chi connectivity index (χ3v) is 10.3. The summed E-state index contributed by atoms with van der Waals surface area (Å²) in [5.41, 5.74) is 12.4. The van der Waals surface area contributed by atoms with Crippen molar-refractivity contribution in [1.29, 1.82) is 0 Å². The lowest BCUT2D eigenvalue weighted by atomic mass is 9.70. The molecule has 7 rings (SSSR count). The molecule has 2 bridgehead atoms. The van der Waals surface area contributed by atoms with Crippen LogP contribution in [-0.4, -0.2) is 23.1 Å². The van der Waals surface area contributed by atoms with E-state index in [0.29, 0.717) is 11.8 Å². The van der Waals surface area contributed by atoms with E-state index in [4.69, 9.17) is 9.97 Å². The van der Waals surface area contributed by atoms with E-state index in [-0.39, 0.29) is 0 Å². The monoisotopic (exact) mass is 572 g/mol. The van der Waals surface area contributed by atoms with Gasteiger partial charge in [0.25, 0.3) is 0 Å². The molecule has 2 N–H and O–H groups in total. The van der Waals surface area contributed by atoms with Gasteiger partial charge in [-0.1, -0.05) is 80.7 Å². The topological polar surface area (TPSA) is 49.8 Å². The Balaban J connectivity index is 0.895. The van der Waals surface area contributed by atoms with Crippen molar-refractivity contribution in [3.63, 3.8) is 0 Å². The second kappa shape index (κ2) is 13.1. The summed E-state index contributed by atoms with van der Waals surface area (Å²) < 4.78 is 0. The van der Waals surface area contributed by atoms with Crippen LogP contribution in [0.15, 0.2) is 60.2 Å². The summed E-state index contributed by atoms with van der Waals surface area (Å²) in [4.78, 5) is 10.2. The van der Waals surface area contributed by atoms with E-state index in [1.807, 2.05) is 0 Å². The van der Waals surface area contributed by atoms with Crippen LogP contribution < -0.4 is 10.6 Å². The molecule has 0 spiro atoms. The van der Waals surface area contributed by atoms with Gasteiger partial charge in [-0.25, -0.2) is 0 Å². The minimum atomic E-state index is 0.623. The molecule has 2 aromatic heterocycles. The Kier molecular flexibility index (Phi) is 8.63. The van der Waals surface area contributed by atoms with E-state index >= 15 is 0 Å². The lowest BCUT2D eigenvalue weighted by Crippen LogP contribution is -2.25. The average Bonchev–Trinajstić information content (AvgIpc) is 3.04. The molecule has 2 heterocycles. The van der Waals surface area contributed by atoms with Crippen LogP contribution in [0, 0.1) is 5.92 Å². The van der Waals surface area contributed by atoms with Gasteiger partial charge in [0.15, 0.2) is 0 Å². The zero-order valence-corrected chi connectivity index (χ0v) is 26.1. The molecule has 0 aliphatic heterocycles. The Morgan fingerprint density at radius 2 is 1.33 bits per heavy atom. The highest BCUT2D eigenvalue weighted by Gasteiger charge is 2.33. The van der Waals surface area contributed by atoms with Crippen molar-refractivity contribution in [2.45, 2.75) is 103 Å². The number of nitrogens with zero attached hydrogens (tertiary/aromatic N) is 2. The number of aryl methyl sites for hydroxylation is 1. The molecular weight excluding hydrogens is 524 g/mol. The maximum Gasteiger partial charge on any atom is 0.0726 e. The number of allylic oxidation sites excluding steroid dienone is 2. The van der Waals surface area contributed by atoms with Gasteiger partial charge >= 0.3 is 0 Å². The van der Waals surface area contributed by atoms with Crippen LogP contribution in [-0.2, 0) is 19.3 Å². The molecule has 0 fully saturated rings. The Bertz CT molecular complexity index is 1620. The highest BCUT2D eigenvalue weighted by Crippen LogP contribution is 2.48. The van der Waals surface area contributed by atoms with E-state index < -0.39 is 0 Å². The first-order chi connectivity index (χ1) is 21.3. The number of anilines is 2. The number of aromatic nitrogens is 2. The molecule has 0 saturated carbocycles. The average molecular weight is 573 g/mol. The summed E-state index contributed by atoms with van der Waals surface area (Å²) in [5, 5.41) is 10.4. The number of benzene rings is 2. The van der Waals surface area contributed by atoms with Gasteiger partial charge in [0.1, 0.15) is 0 Å². The molecule has 43 heavy (non-hydrogen) atoms. The normalized spacial score (nSPS) is 19.1. The predicted octanol–water partition coefficient (Wildman–Crippen LogP) is 9.91. The van der Waals surface area contributed by atoms with Crippen molar-refractivity contribution >= 4 is 33.2 Å². The molecule has 3 aliphatic carbocycles. The first-order valence-electron chi connectivity index (χ1n) is 17.3. The molecule has 2 atom stereocenters. The third-order valence-electron chi connectivity index (χ3n) is 10.3. The molecule has 2 aromatic carbocycles. The van der Waals surface area contributed by atoms with Crippen LogP contribution in [0.4, 0.5) is 11.4 Å². The van der Waals surface area contributed by atoms with Gasteiger partial charge in [0.2, 0.25) is 0 Å². The van der Waals surface area contributed by atoms with Crippen molar-refractivity contribution in [2.24, 2.45) is 5.92 Å². The van der Waals surface area contributed by atoms with Gasteiger partial charge < -0.3 is 10.6 Å². The minimum Gasteiger partial charge on any atom is -0.384 e. The van der Waals surface area contributed by atoms with Crippen molar-refractivity contribution in [2.75, 3.05) is 23.7 Å². The number of hydrogen-bond acceptors (Lipinski definition) is 4. The molecule has 0 saturated heterocycles. The summed E-state index contributed by atoms with van der Waals surface area (Å²) >= 11 is 0. The quantitative estimate of drug-likeness (QED) is 0.131. The Labute approximate surface area is 257 Å². The largest absolute Gasteiger partial charge is 0.384 e. The first kappa shape index (κ1) is 28.4. The molecular formula is C39H48N4. The van der Waals surface area contributed by atoms with Gasteiger partial charge in [-0.15, -0.1) is 0 Å². The summed E-state index contributed by atoms with van der Waals surface area (Å²) in [5.74, 6) is 1.30.